The summed E-state index contributed by atoms with van der Waals surface area (Å²) in [5.41, 5.74) is 1.84. The minimum Gasteiger partial charge on any atom is -0.294 e. The zero-order valence-electron chi connectivity index (χ0n) is 10.9. The molecule has 0 amide bonds. The molecule has 2 nitrogen and oxygen atoms in total. The van der Waals surface area contributed by atoms with Gasteiger partial charge in [0, 0.05) is 23.1 Å². The Morgan fingerprint density at radius 3 is 2.68 bits per heavy atom. The van der Waals surface area contributed by atoms with Crippen molar-refractivity contribution in [3.05, 3.63) is 42.1 Å². The fourth-order valence-electron chi connectivity index (χ4n) is 3.80. The molecule has 2 fully saturated rings. The van der Waals surface area contributed by atoms with Gasteiger partial charge in [-0.15, -0.1) is 0 Å². The molecule has 0 bridgehead atoms. The maximum absolute atomic E-state index is 12.6. The van der Waals surface area contributed by atoms with E-state index in [4.69, 9.17) is 0 Å². The van der Waals surface area contributed by atoms with Crippen molar-refractivity contribution < 1.29 is 4.79 Å². The second-order valence-electron chi connectivity index (χ2n) is 5.91. The normalized spacial score (nSPS) is 28.9. The van der Waals surface area contributed by atoms with E-state index in [-0.39, 0.29) is 0 Å². The predicted octanol–water partition coefficient (Wildman–Crippen LogP) is 3.85. The van der Waals surface area contributed by atoms with Crippen molar-refractivity contribution in [1.29, 1.82) is 0 Å². The lowest BCUT2D eigenvalue weighted by Gasteiger charge is -2.04. The number of benzene rings is 1. The van der Waals surface area contributed by atoms with Gasteiger partial charge in [0.25, 0.3) is 0 Å². The van der Waals surface area contributed by atoms with Crippen LogP contribution in [-0.2, 0) is 0 Å². The maximum Gasteiger partial charge on any atom is 0.166 e. The molecular formula is C17H17NO. The molecule has 1 aromatic carbocycles. The van der Waals surface area contributed by atoms with E-state index in [1.165, 1.54) is 25.7 Å². The van der Waals surface area contributed by atoms with Gasteiger partial charge >= 0.3 is 0 Å². The van der Waals surface area contributed by atoms with Crippen LogP contribution in [0.1, 0.15) is 36.0 Å². The Bertz CT molecular complexity index is 637. The summed E-state index contributed by atoms with van der Waals surface area (Å²) in [6, 6.07) is 9.87. The van der Waals surface area contributed by atoms with Crippen LogP contribution in [0.3, 0.4) is 0 Å². The molecule has 96 valence electrons. The van der Waals surface area contributed by atoms with Crippen LogP contribution in [0.5, 0.6) is 0 Å². The molecule has 4 rings (SSSR count). The molecule has 0 radical (unpaired) electrons. The first-order valence-corrected chi connectivity index (χ1v) is 7.23. The van der Waals surface area contributed by atoms with Crippen LogP contribution in [0.15, 0.2) is 36.5 Å². The first kappa shape index (κ1) is 11.2. The molecule has 1 heterocycles. The highest BCUT2D eigenvalue weighted by Gasteiger charge is 2.54. The van der Waals surface area contributed by atoms with Crippen LogP contribution in [0, 0.1) is 17.8 Å². The van der Waals surface area contributed by atoms with E-state index in [1.807, 2.05) is 30.3 Å². The van der Waals surface area contributed by atoms with Gasteiger partial charge in [0.2, 0.25) is 0 Å². The van der Waals surface area contributed by atoms with Gasteiger partial charge in [-0.3, -0.25) is 9.78 Å². The minimum absolute atomic E-state index is 0.316. The smallest absolute Gasteiger partial charge is 0.166 e. The highest BCUT2D eigenvalue weighted by Crippen LogP contribution is 2.56. The number of fused-ring (bicyclic) bond motifs is 2. The van der Waals surface area contributed by atoms with E-state index in [0.29, 0.717) is 23.5 Å². The summed E-state index contributed by atoms with van der Waals surface area (Å²) in [7, 11) is 0. The molecule has 0 N–H and O–H groups in total. The Hall–Kier alpha value is -1.70. The molecular weight excluding hydrogens is 234 g/mol. The molecule has 19 heavy (non-hydrogen) atoms. The maximum atomic E-state index is 12.6. The lowest BCUT2D eigenvalue weighted by atomic mass is 10.0. The molecule has 0 spiro atoms. The fourth-order valence-corrected chi connectivity index (χ4v) is 3.80. The molecule has 0 saturated heterocycles. The Morgan fingerprint density at radius 1 is 1.11 bits per heavy atom. The number of aromatic nitrogens is 1. The molecule has 0 aliphatic heterocycles. The quantitative estimate of drug-likeness (QED) is 0.759. The highest BCUT2D eigenvalue weighted by molar-refractivity contribution is 6.02. The lowest BCUT2D eigenvalue weighted by molar-refractivity contribution is 0.0956. The van der Waals surface area contributed by atoms with Crippen LogP contribution in [-0.4, -0.2) is 10.8 Å². The molecule has 2 atom stereocenters. The van der Waals surface area contributed by atoms with Crippen molar-refractivity contribution >= 4 is 16.7 Å². The van der Waals surface area contributed by atoms with E-state index < -0.39 is 0 Å². The Balaban J connectivity index is 1.65. The van der Waals surface area contributed by atoms with E-state index in [9.17, 15) is 4.79 Å². The number of rotatable bonds is 2. The summed E-state index contributed by atoms with van der Waals surface area (Å²) in [4.78, 5) is 16.9. The third-order valence-electron chi connectivity index (χ3n) is 4.85. The van der Waals surface area contributed by atoms with E-state index >= 15 is 0 Å². The first-order chi connectivity index (χ1) is 9.34. The van der Waals surface area contributed by atoms with Crippen molar-refractivity contribution in [2.45, 2.75) is 25.7 Å². The van der Waals surface area contributed by atoms with Gasteiger partial charge in [0.1, 0.15) is 0 Å². The Kier molecular flexibility index (Phi) is 2.44. The van der Waals surface area contributed by atoms with Crippen molar-refractivity contribution in [2.24, 2.45) is 17.8 Å². The number of ketones is 1. The number of carbonyl (C=O) groups is 1. The largest absolute Gasteiger partial charge is 0.294 e. The van der Waals surface area contributed by atoms with Gasteiger partial charge in [-0.1, -0.05) is 18.9 Å². The van der Waals surface area contributed by atoms with E-state index in [1.54, 1.807) is 6.20 Å². The average Bonchev–Trinajstić information content (AvgIpc) is 3.20. The number of carbonyl (C=O) groups excluding carboxylic acids is 1. The number of nitrogens with zero attached hydrogens (tertiary/aromatic N) is 1. The van der Waals surface area contributed by atoms with Gasteiger partial charge in [0.05, 0.1) is 5.52 Å². The second kappa shape index (κ2) is 4.16. The van der Waals surface area contributed by atoms with Crippen molar-refractivity contribution in [2.75, 3.05) is 0 Å². The Labute approximate surface area is 112 Å². The summed E-state index contributed by atoms with van der Waals surface area (Å²) in [6.07, 6.45) is 6.94. The molecule has 2 aromatic rings. The van der Waals surface area contributed by atoms with E-state index in [2.05, 4.69) is 4.98 Å². The molecule has 2 aliphatic rings. The van der Waals surface area contributed by atoms with Crippen LogP contribution in [0.25, 0.3) is 10.9 Å². The molecule has 1 aromatic heterocycles. The van der Waals surface area contributed by atoms with Crippen molar-refractivity contribution in [3.63, 3.8) is 0 Å². The third-order valence-corrected chi connectivity index (χ3v) is 4.85. The van der Waals surface area contributed by atoms with Crippen LogP contribution in [0.4, 0.5) is 0 Å². The van der Waals surface area contributed by atoms with Gasteiger partial charge in [-0.25, -0.2) is 0 Å². The predicted molar refractivity (Wildman–Crippen MR) is 75.0 cm³/mol. The number of hydrogen-bond acceptors (Lipinski definition) is 2. The van der Waals surface area contributed by atoms with Crippen LogP contribution >= 0.6 is 0 Å². The fraction of sp³-hybridized carbons (Fsp3) is 0.412. The van der Waals surface area contributed by atoms with Crippen molar-refractivity contribution in [1.82, 2.24) is 4.98 Å². The summed E-state index contributed by atoms with van der Waals surface area (Å²) in [5, 5.41) is 1.07. The zero-order valence-corrected chi connectivity index (χ0v) is 10.9. The molecule has 2 unspecified atom stereocenters. The highest BCUT2D eigenvalue weighted by atomic mass is 16.1. The number of hydrogen-bond donors (Lipinski definition) is 0. The second-order valence-corrected chi connectivity index (χ2v) is 5.91. The first-order valence-electron chi connectivity index (χ1n) is 7.23. The Morgan fingerprint density at radius 2 is 1.89 bits per heavy atom. The zero-order chi connectivity index (χ0) is 12.8. The summed E-state index contributed by atoms with van der Waals surface area (Å²) in [6.45, 7) is 0. The van der Waals surface area contributed by atoms with E-state index in [0.717, 1.165) is 16.5 Å². The molecule has 2 saturated carbocycles. The van der Waals surface area contributed by atoms with Crippen molar-refractivity contribution in [3.8, 4) is 0 Å². The monoisotopic (exact) mass is 251 g/mol. The van der Waals surface area contributed by atoms with Crippen LogP contribution in [0.2, 0.25) is 0 Å². The topological polar surface area (TPSA) is 30.0 Å². The summed E-state index contributed by atoms with van der Waals surface area (Å²) in [5.74, 6) is 2.05. The minimum atomic E-state index is 0.316. The summed E-state index contributed by atoms with van der Waals surface area (Å²) >= 11 is 0. The molecule has 2 aliphatic carbocycles. The summed E-state index contributed by atoms with van der Waals surface area (Å²) < 4.78 is 0. The van der Waals surface area contributed by atoms with Gasteiger partial charge in [-0.05, 0) is 48.9 Å². The average molecular weight is 251 g/mol. The lowest BCUT2D eigenvalue weighted by Crippen LogP contribution is -2.04. The van der Waals surface area contributed by atoms with Gasteiger partial charge in [0.15, 0.2) is 5.78 Å². The number of Topliss-reactive ketones (excluding diaryl/α,β-unsaturated/α-hetero) is 1. The molecule has 2 heteroatoms. The number of pyridine rings is 1. The SMILES string of the molecule is O=C(c1ccc2ncccc2c1)C1C2CCCCC21. The van der Waals surface area contributed by atoms with Crippen LogP contribution < -0.4 is 0 Å². The third kappa shape index (κ3) is 1.78. The van der Waals surface area contributed by atoms with Gasteiger partial charge < -0.3 is 0 Å². The standard InChI is InChI=1S/C17H17NO/c19-17(16-13-5-1-2-6-14(13)16)12-7-8-15-11(10-12)4-3-9-18-15/h3-4,7-10,13-14,16H,1-2,5-6H2. The van der Waals surface area contributed by atoms with Gasteiger partial charge in [-0.2, -0.15) is 0 Å².